The van der Waals surface area contributed by atoms with Crippen LogP contribution in [0.3, 0.4) is 0 Å². The summed E-state index contributed by atoms with van der Waals surface area (Å²) in [7, 11) is 1.66. The average molecular weight is 397 g/mol. The number of nitrogens with one attached hydrogen (secondary N) is 1. The number of anilines is 1. The Labute approximate surface area is 164 Å². The minimum atomic E-state index is -0.910. The number of nitrogens with two attached hydrogens (primary N) is 1. The Balaban J connectivity index is 1.91. The summed E-state index contributed by atoms with van der Waals surface area (Å²) in [4.78, 5) is 16.0. The third-order valence-electron chi connectivity index (χ3n) is 4.47. The lowest BCUT2D eigenvalue weighted by Gasteiger charge is -2.04. The number of hydrogen-bond donors (Lipinski definition) is 3. The van der Waals surface area contributed by atoms with Crippen molar-refractivity contribution in [1.29, 1.82) is 0 Å². The Kier molecular flexibility index (Phi) is 4.62. The van der Waals surface area contributed by atoms with Crippen LogP contribution in [-0.2, 0) is 11.3 Å². The van der Waals surface area contributed by atoms with Crippen molar-refractivity contribution >= 4 is 38.7 Å². The molecule has 3 aromatic heterocycles. The third kappa shape index (κ3) is 3.14. The summed E-state index contributed by atoms with van der Waals surface area (Å²) in [5.74, 6) is 0.284. The summed E-state index contributed by atoms with van der Waals surface area (Å²) in [5.41, 5.74) is 9.77. The van der Waals surface area contributed by atoms with Crippen LogP contribution in [0.25, 0.3) is 26.0 Å². The summed E-state index contributed by atoms with van der Waals surface area (Å²) in [6, 6.07) is 6.21. The zero-order valence-corrected chi connectivity index (χ0v) is 16.2. The second kappa shape index (κ2) is 7.10. The Morgan fingerprint density at radius 1 is 1.39 bits per heavy atom. The van der Waals surface area contributed by atoms with Gasteiger partial charge in [-0.3, -0.25) is 4.79 Å². The molecule has 3 heterocycles. The van der Waals surface area contributed by atoms with Crippen molar-refractivity contribution in [2.24, 2.45) is 0 Å². The van der Waals surface area contributed by atoms with Gasteiger partial charge in [-0.2, -0.15) is 5.10 Å². The van der Waals surface area contributed by atoms with Crippen molar-refractivity contribution in [2.45, 2.75) is 13.5 Å². The van der Waals surface area contributed by atoms with Gasteiger partial charge in [-0.25, -0.2) is 9.50 Å². The van der Waals surface area contributed by atoms with E-state index < -0.39 is 5.97 Å². The molecule has 4 aromatic rings. The zero-order valence-electron chi connectivity index (χ0n) is 15.4. The fourth-order valence-electron chi connectivity index (χ4n) is 3.34. The lowest BCUT2D eigenvalue weighted by Crippen LogP contribution is -2.21. The molecule has 0 atom stereocenters. The number of ether oxygens (including phenoxy) is 1. The fourth-order valence-corrected chi connectivity index (χ4v) is 4.55. The molecular weight excluding hydrogens is 378 g/mol. The first-order valence-electron chi connectivity index (χ1n) is 8.59. The number of aryl methyl sites for hydroxylation is 1. The van der Waals surface area contributed by atoms with Crippen molar-refractivity contribution in [3.05, 3.63) is 41.9 Å². The number of nitrogen functional groups attached to an aromatic ring is 1. The molecule has 0 amide bonds. The monoisotopic (exact) mass is 397 g/mol. The third-order valence-corrected chi connectivity index (χ3v) is 5.65. The fraction of sp³-hybridized carbons (Fsp3) is 0.211. The molecule has 0 aliphatic carbocycles. The van der Waals surface area contributed by atoms with E-state index in [0.29, 0.717) is 17.9 Å². The highest BCUT2D eigenvalue weighted by Gasteiger charge is 2.19. The summed E-state index contributed by atoms with van der Waals surface area (Å²) in [6.45, 7) is 2.27. The number of carbonyl (C=O) groups is 1. The number of fused-ring (bicyclic) bond motifs is 2. The van der Waals surface area contributed by atoms with Gasteiger partial charge in [0.25, 0.3) is 0 Å². The van der Waals surface area contributed by atoms with Gasteiger partial charge in [-0.15, -0.1) is 11.3 Å². The molecule has 9 heteroatoms. The predicted molar refractivity (Wildman–Crippen MR) is 109 cm³/mol. The van der Waals surface area contributed by atoms with Crippen LogP contribution in [0.1, 0.15) is 11.1 Å². The van der Waals surface area contributed by atoms with E-state index in [4.69, 9.17) is 15.6 Å². The number of methoxy groups -OCH3 is 1. The highest BCUT2D eigenvalue weighted by Crippen LogP contribution is 2.43. The number of carboxylic acid groups (broad SMARTS) is 1. The van der Waals surface area contributed by atoms with Gasteiger partial charge >= 0.3 is 5.97 Å². The minimum Gasteiger partial charge on any atom is -0.495 e. The van der Waals surface area contributed by atoms with Gasteiger partial charge in [0.2, 0.25) is 0 Å². The van der Waals surface area contributed by atoms with E-state index in [9.17, 15) is 4.79 Å². The second-order valence-corrected chi connectivity index (χ2v) is 7.51. The molecule has 4 rings (SSSR count). The smallest absolute Gasteiger partial charge is 0.317 e. The Hall–Kier alpha value is -3.17. The number of rotatable bonds is 6. The molecule has 0 radical (unpaired) electrons. The predicted octanol–water partition coefficient (Wildman–Crippen LogP) is 2.68. The molecular formula is C19H19N5O3S. The molecule has 8 nitrogen and oxygen atoms in total. The molecule has 0 spiro atoms. The van der Waals surface area contributed by atoms with E-state index in [1.807, 2.05) is 19.2 Å². The van der Waals surface area contributed by atoms with Crippen LogP contribution in [0.15, 0.2) is 30.7 Å². The molecule has 0 fully saturated rings. The summed E-state index contributed by atoms with van der Waals surface area (Å²) in [6.07, 6.45) is 3.25. The van der Waals surface area contributed by atoms with E-state index in [-0.39, 0.29) is 6.54 Å². The molecule has 1 aromatic carbocycles. The van der Waals surface area contributed by atoms with E-state index in [2.05, 4.69) is 27.5 Å². The first-order valence-corrected chi connectivity index (χ1v) is 9.41. The largest absolute Gasteiger partial charge is 0.495 e. The van der Waals surface area contributed by atoms with Gasteiger partial charge in [0.05, 0.1) is 18.4 Å². The quantitative estimate of drug-likeness (QED) is 0.458. The molecule has 0 aliphatic rings. The van der Waals surface area contributed by atoms with Gasteiger partial charge in [-0.1, -0.05) is 6.07 Å². The lowest BCUT2D eigenvalue weighted by molar-refractivity contribution is -0.135. The Morgan fingerprint density at radius 2 is 2.21 bits per heavy atom. The molecule has 4 N–H and O–H groups in total. The van der Waals surface area contributed by atoms with Gasteiger partial charge in [-0.05, 0) is 35.6 Å². The highest BCUT2D eigenvalue weighted by atomic mass is 32.1. The van der Waals surface area contributed by atoms with Crippen LogP contribution in [0.2, 0.25) is 0 Å². The first-order chi connectivity index (χ1) is 13.5. The van der Waals surface area contributed by atoms with Crippen molar-refractivity contribution in [1.82, 2.24) is 19.9 Å². The molecule has 144 valence electrons. The number of aromatic nitrogens is 3. The maximum atomic E-state index is 10.9. The molecule has 0 saturated heterocycles. The van der Waals surface area contributed by atoms with Crippen LogP contribution in [0.4, 0.5) is 5.82 Å². The van der Waals surface area contributed by atoms with Gasteiger partial charge in [0.15, 0.2) is 5.82 Å². The SMILES string of the molecule is COc1cc(C)cc2cc(-c3c(CNCC(=O)O)cn4ncnc(N)c34)sc12. The normalized spacial score (nSPS) is 11.4. The number of aliphatic carboxylic acids is 1. The topological polar surface area (TPSA) is 115 Å². The van der Waals surface area contributed by atoms with E-state index in [1.54, 1.807) is 23.0 Å². The lowest BCUT2D eigenvalue weighted by atomic mass is 10.1. The highest BCUT2D eigenvalue weighted by molar-refractivity contribution is 7.22. The number of hydrogen-bond acceptors (Lipinski definition) is 7. The van der Waals surface area contributed by atoms with E-state index in [1.165, 1.54) is 6.33 Å². The van der Waals surface area contributed by atoms with E-state index in [0.717, 1.165) is 37.4 Å². The average Bonchev–Trinajstić information content (AvgIpc) is 3.22. The van der Waals surface area contributed by atoms with Crippen LogP contribution in [0.5, 0.6) is 5.75 Å². The summed E-state index contributed by atoms with van der Waals surface area (Å²) < 4.78 is 8.28. The molecule has 0 bridgehead atoms. The van der Waals surface area contributed by atoms with Crippen molar-refractivity contribution < 1.29 is 14.6 Å². The van der Waals surface area contributed by atoms with Crippen molar-refractivity contribution in [3.63, 3.8) is 0 Å². The Morgan fingerprint density at radius 3 is 2.96 bits per heavy atom. The molecule has 0 saturated carbocycles. The standard InChI is InChI=1S/C19H19N5O3S/c1-10-3-11-5-14(28-18(11)13(4-10)27-2)16-12(6-21-7-15(25)26)8-24-17(16)19(20)22-9-23-24/h3-5,8-9,21H,6-7H2,1-2H3,(H,25,26)(H2,20,22,23). The van der Waals surface area contributed by atoms with Crippen LogP contribution in [0, 0.1) is 6.92 Å². The number of carboxylic acids is 1. The maximum absolute atomic E-state index is 10.9. The summed E-state index contributed by atoms with van der Waals surface area (Å²) >= 11 is 1.60. The maximum Gasteiger partial charge on any atom is 0.317 e. The van der Waals surface area contributed by atoms with Crippen molar-refractivity contribution in [2.75, 3.05) is 19.4 Å². The van der Waals surface area contributed by atoms with Crippen LogP contribution >= 0.6 is 11.3 Å². The molecule has 0 unspecified atom stereocenters. The second-order valence-electron chi connectivity index (χ2n) is 6.46. The molecule has 0 aliphatic heterocycles. The van der Waals surface area contributed by atoms with Gasteiger partial charge in [0.1, 0.15) is 17.6 Å². The Bertz CT molecular complexity index is 1200. The molecule has 28 heavy (non-hydrogen) atoms. The first kappa shape index (κ1) is 18.2. The minimum absolute atomic E-state index is 0.133. The van der Waals surface area contributed by atoms with Gasteiger partial charge < -0.3 is 20.9 Å². The van der Waals surface area contributed by atoms with Crippen LogP contribution < -0.4 is 15.8 Å². The number of nitrogens with zero attached hydrogens (tertiary/aromatic N) is 3. The summed E-state index contributed by atoms with van der Waals surface area (Å²) in [5, 5.41) is 17.2. The van der Waals surface area contributed by atoms with Crippen molar-refractivity contribution in [3.8, 4) is 16.2 Å². The van der Waals surface area contributed by atoms with E-state index >= 15 is 0 Å². The van der Waals surface area contributed by atoms with Gasteiger partial charge in [0, 0.05) is 23.2 Å². The zero-order chi connectivity index (χ0) is 19.8. The van der Waals surface area contributed by atoms with Crippen LogP contribution in [-0.4, -0.2) is 39.3 Å². The number of thiophene rings is 1. The number of benzene rings is 1.